The number of fused-ring (bicyclic) bond motifs is 1. The normalized spacial score (nSPS) is 17.7. The molecule has 1 saturated heterocycles. The van der Waals surface area contributed by atoms with Crippen LogP contribution in [0, 0.1) is 0 Å². The molecule has 2 aliphatic rings. The van der Waals surface area contributed by atoms with Crippen molar-refractivity contribution >= 4 is 0 Å². The third-order valence-corrected chi connectivity index (χ3v) is 5.79. The molecule has 3 aromatic heterocycles. The zero-order chi connectivity index (χ0) is 19.6. The molecule has 5 rings (SSSR count). The van der Waals surface area contributed by atoms with E-state index in [1.165, 1.54) is 22.5 Å². The number of aromatic nitrogens is 6. The van der Waals surface area contributed by atoms with Crippen LogP contribution in [0.2, 0.25) is 0 Å². The number of aryl methyl sites for hydroxylation is 2. The fraction of sp³-hybridized carbons (Fsp3) is 0.500. The number of piperazine rings is 1. The van der Waals surface area contributed by atoms with Crippen LogP contribution in [0.3, 0.4) is 0 Å². The van der Waals surface area contributed by atoms with Crippen molar-refractivity contribution in [3.05, 3.63) is 58.4 Å². The molecule has 9 heteroatoms. The summed E-state index contributed by atoms with van der Waals surface area (Å²) < 4.78 is 5.37. The van der Waals surface area contributed by atoms with E-state index in [0.29, 0.717) is 12.4 Å². The lowest BCUT2D eigenvalue weighted by Gasteiger charge is -2.34. The van der Waals surface area contributed by atoms with Gasteiger partial charge in [0, 0.05) is 70.0 Å². The molecule has 0 saturated carbocycles. The van der Waals surface area contributed by atoms with Crippen molar-refractivity contribution in [3.63, 3.8) is 0 Å². The highest BCUT2D eigenvalue weighted by Gasteiger charge is 2.20. The van der Waals surface area contributed by atoms with Crippen LogP contribution in [0.4, 0.5) is 0 Å². The van der Waals surface area contributed by atoms with Gasteiger partial charge in [0.05, 0.1) is 12.2 Å². The largest absolute Gasteiger partial charge is 0.299 e. The van der Waals surface area contributed by atoms with Crippen LogP contribution in [-0.4, -0.2) is 71.9 Å². The Bertz CT molecular complexity index is 992. The summed E-state index contributed by atoms with van der Waals surface area (Å²) in [6.07, 6.45) is 5.92. The minimum absolute atomic E-state index is 0.0765. The highest BCUT2D eigenvalue weighted by molar-refractivity contribution is 5.17. The lowest BCUT2D eigenvalue weighted by molar-refractivity contribution is 0.121. The van der Waals surface area contributed by atoms with Crippen molar-refractivity contribution in [2.75, 3.05) is 32.7 Å². The Morgan fingerprint density at radius 1 is 0.966 bits per heavy atom. The monoisotopic (exact) mass is 394 g/mol. The van der Waals surface area contributed by atoms with E-state index >= 15 is 0 Å². The minimum Gasteiger partial charge on any atom is -0.299 e. The van der Waals surface area contributed by atoms with Crippen LogP contribution in [0.15, 0.2) is 41.5 Å². The maximum absolute atomic E-state index is 12.2. The summed E-state index contributed by atoms with van der Waals surface area (Å²) in [4.78, 5) is 17.0. The second kappa shape index (κ2) is 7.92. The minimum atomic E-state index is -0.0765. The van der Waals surface area contributed by atoms with E-state index in [4.69, 9.17) is 5.10 Å². The first kappa shape index (κ1) is 18.3. The Morgan fingerprint density at radius 2 is 1.83 bits per heavy atom. The fourth-order valence-electron chi connectivity index (χ4n) is 4.16. The number of hydrogen-bond acceptors (Lipinski definition) is 6. The third kappa shape index (κ3) is 4.01. The van der Waals surface area contributed by atoms with Gasteiger partial charge in [-0.3, -0.25) is 19.3 Å². The molecule has 0 radical (unpaired) electrons. The predicted octanol–water partition coefficient (Wildman–Crippen LogP) is 0.390. The Hall–Kier alpha value is -2.78. The average molecular weight is 394 g/mol. The number of nitrogens with zero attached hydrogens (tertiary/aromatic N) is 8. The van der Waals surface area contributed by atoms with Crippen LogP contribution in [0.5, 0.6) is 0 Å². The summed E-state index contributed by atoms with van der Waals surface area (Å²) in [5, 5.41) is 13.4. The summed E-state index contributed by atoms with van der Waals surface area (Å²) >= 11 is 0. The summed E-state index contributed by atoms with van der Waals surface area (Å²) in [7, 11) is 0. The van der Waals surface area contributed by atoms with E-state index in [1.54, 1.807) is 23.0 Å². The van der Waals surface area contributed by atoms with Gasteiger partial charge in [0.2, 0.25) is 0 Å². The molecular formula is C20H26N8O. The van der Waals surface area contributed by atoms with Crippen molar-refractivity contribution in [2.24, 2.45) is 0 Å². The quantitative estimate of drug-likeness (QED) is 0.602. The van der Waals surface area contributed by atoms with Crippen LogP contribution in [0.1, 0.15) is 17.8 Å². The summed E-state index contributed by atoms with van der Waals surface area (Å²) in [6, 6.07) is 7.37. The van der Waals surface area contributed by atoms with E-state index in [-0.39, 0.29) is 5.56 Å². The predicted molar refractivity (Wildman–Crippen MR) is 108 cm³/mol. The van der Waals surface area contributed by atoms with Gasteiger partial charge in [-0.1, -0.05) is 0 Å². The van der Waals surface area contributed by atoms with Gasteiger partial charge in [0.1, 0.15) is 0 Å². The number of rotatable bonds is 6. The molecule has 1 fully saturated rings. The summed E-state index contributed by atoms with van der Waals surface area (Å²) in [5.74, 6) is 0.659. The molecule has 0 atom stereocenters. The smallest absolute Gasteiger partial charge is 0.266 e. The van der Waals surface area contributed by atoms with E-state index < -0.39 is 0 Å². The molecule has 0 spiro atoms. The van der Waals surface area contributed by atoms with Crippen molar-refractivity contribution in [2.45, 2.75) is 32.5 Å². The fourth-order valence-corrected chi connectivity index (χ4v) is 4.16. The van der Waals surface area contributed by atoms with Gasteiger partial charge in [-0.05, 0) is 31.0 Å². The first-order valence-corrected chi connectivity index (χ1v) is 10.3. The van der Waals surface area contributed by atoms with Crippen molar-refractivity contribution in [1.29, 1.82) is 0 Å². The van der Waals surface area contributed by atoms with Gasteiger partial charge in [-0.15, -0.1) is 5.10 Å². The second-order valence-electron chi connectivity index (χ2n) is 7.78. The lowest BCUT2D eigenvalue weighted by atomic mass is 10.2. The third-order valence-electron chi connectivity index (χ3n) is 5.79. The first-order valence-electron chi connectivity index (χ1n) is 10.3. The Kier molecular flexibility index (Phi) is 4.99. The Labute approximate surface area is 169 Å². The molecule has 152 valence electrons. The molecule has 0 aliphatic carbocycles. The second-order valence-corrected chi connectivity index (χ2v) is 7.78. The SMILES string of the molecule is O=c1ccc(-n2cccn2)nn1CCN1CCN(Cc2cc3n(n2)CCC3)CC1. The maximum atomic E-state index is 12.2. The molecule has 0 unspecified atom stereocenters. The van der Waals surface area contributed by atoms with Crippen molar-refractivity contribution < 1.29 is 0 Å². The molecule has 0 bridgehead atoms. The molecule has 5 heterocycles. The Balaban J connectivity index is 1.13. The number of hydrogen-bond donors (Lipinski definition) is 0. The van der Waals surface area contributed by atoms with Gasteiger partial charge < -0.3 is 0 Å². The molecule has 29 heavy (non-hydrogen) atoms. The molecule has 3 aromatic rings. The van der Waals surface area contributed by atoms with Gasteiger partial charge >= 0.3 is 0 Å². The molecule has 9 nitrogen and oxygen atoms in total. The van der Waals surface area contributed by atoms with Gasteiger partial charge in [0.15, 0.2) is 5.82 Å². The Morgan fingerprint density at radius 3 is 2.62 bits per heavy atom. The zero-order valence-corrected chi connectivity index (χ0v) is 16.5. The zero-order valence-electron chi connectivity index (χ0n) is 16.5. The molecular weight excluding hydrogens is 368 g/mol. The van der Waals surface area contributed by atoms with Crippen LogP contribution >= 0.6 is 0 Å². The van der Waals surface area contributed by atoms with Crippen LogP contribution in [-0.2, 0) is 26.1 Å². The van der Waals surface area contributed by atoms with Crippen molar-refractivity contribution in [1.82, 2.24) is 39.1 Å². The van der Waals surface area contributed by atoms with Gasteiger partial charge in [0.25, 0.3) is 5.56 Å². The van der Waals surface area contributed by atoms with Crippen LogP contribution < -0.4 is 5.56 Å². The maximum Gasteiger partial charge on any atom is 0.266 e. The van der Waals surface area contributed by atoms with Gasteiger partial charge in [-0.2, -0.15) is 10.2 Å². The highest BCUT2D eigenvalue weighted by atomic mass is 16.1. The summed E-state index contributed by atoms with van der Waals surface area (Å²) in [5.41, 5.74) is 2.50. The molecule has 0 N–H and O–H groups in total. The van der Waals surface area contributed by atoms with Gasteiger partial charge in [-0.25, -0.2) is 9.36 Å². The van der Waals surface area contributed by atoms with E-state index in [1.807, 2.05) is 12.3 Å². The van der Waals surface area contributed by atoms with E-state index in [2.05, 4.69) is 30.7 Å². The summed E-state index contributed by atoms with van der Waals surface area (Å²) in [6.45, 7) is 7.46. The van der Waals surface area contributed by atoms with E-state index in [0.717, 1.165) is 52.2 Å². The molecule has 0 amide bonds. The van der Waals surface area contributed by atoms with E-state index in [9.17, 15) is 4.79 Å². The highest BCUT2D eigenvalue weighted by Crippen LogP contribution is 2.16. The van der Waals surface area contributed by atoms with Crippen molar-refractivity contribution in [3.8, 4) is 5.82 Å². The lowest BCUT2D eigenvalue weighted by Crippen LogP contribution is -2.47. The molecule has 0 aromatic carbocycles. The first-order chi connectivity index (χ1) is 14.2. The topological polar surface area (TPSA) is 77.0 Å². The average Bonchev–Trinajstić information content (AvgIpc) is 3.46. The standard InChI is InChI=1S/C20H26N8O/c29-20-5-4-19(27-8-2-6-21-27)23-28(20)14-13-24-9-11-25(12-10-24)16-17-15-18-3-1-7-26(18)22-17/h2,4-6,8,15H,1,3,7,9-14,16H2. The van der Waals surface area contributed by atoms with Crippen LogP contribution in [0.25, 0.3) is 5.82 Å². The molecule has 2 aliphatic heterocycles.